The van der Waals surface area contributed by atoms with Crippen LogP contribution in [0.25, 0.3) is 5.76 Å². The number of aliphatic hydroxyl groups excluding tert-OH is 1. The summed E-state index contributed by atoms with van der Waals surface area (Å²) < 4.78 is 19.3. The number of hydrogen-bond acceptors (Lipinski definition) is 5. The van der Waals surface area contributed by atoms with Crippen LogP contribution in [0.15, 0.2) is 54.1 Å². The molecule has 2 atom stereocenters. The smallest absolute Gasteiger partial charge is 0.296 e. The van der Waals surface area contributed by atoms with Crippen molar-refractivity contribution >= 4 is 29.0 Å². The molecule has 1 spiro atoms. The van der Waals surface area contributed by atoms with Crippen LogP contribution >= 0.6 is 0 Å². The van der Waals surface area contributed by atoms with Gasteiger partial charge in [0.05, 0.1) is 17.4 Å². The SMILES string of the molecule is CCCN1C(=O)C2(C(=C(O)c3ccc(F)cc3)C(=O)C(=O)N2CC2CCCO2)c2ccccc21. The number of Topliss-reactive ketones (excluding diaryl/α,β-unsaturated/α-hetero) is 1. The van der Waals surface area contributed by atoms with Crippen LogP contribution in [-0.2, 0) is 24.7 Å². The van der Waals surface area contributed by atoms with E-state index in [-0.39, 0.29) is 23.8 Å². The first-order valence-corrected chi connectivity index (χ1v) is 11.5. The Kier molecular flexibility index (Phi) is 5.48. The number of hydrogen-bond donors (Lipinski definition) is 1. The van der Waals surface area contributed by atoms with Gasteiger partial charge in [0.2, 0.25) is 0 Å². The van der Waals surface area contributed by atoms with E-state index < -0.39 is 34.7 Å². The van der Waals surface area contributed by atoms with Crippen LogP contribution in [0.5, 0.6) is 0 Å². The Morgan fingerprint density at radius 1 is 1.15 bits per heavy atom. The number of rotatable bonds is 5. The van der Waals surface area contributed by atoms with Gasteiger partial charge in [-0.2, -0.15) is 0 Å². The van der Waals surface area contributed by atoms with Crippen LogP contribution in [0.2, 0.25) is 0 Å². The molecule has 8 heteroatoms. The molecule has 7 nitrogen and oxygen atoms in total. The minimum absolute atomic E-state index is 0.0464. The van der Waals surface area contributed by atoms with E-state index in [4.69, 9.17) is 4.74 Å². The Balaban J connectivity index is 1.79. The largest absolute Gasteiger partial charge is 0.507 e. The van der Waals surface area contributed by atoms with E-state index in [1.54, 1.807) is 29.2 Å². The second-order valence-corrected chi connectivity index (χ2v) is 8.79. The second kappa shape index (κ2) is 8.36. The molecule has 0 radical (unpaired) electrons. The third-order valence-corrected chi connectivity index (χ3v) is 6.78. The highest BCUT2D eigenvalue weighted by Crippen LogP contribution is 2.53. The van der Waals surface area contributed by atoms with Gasteiger partial charge in [0.25, 0.3) is 17.6 Å². The maximum absolute atomic E-state index is 14.2. The van der Waals surface area contributed by atoms with Crippen LogP contribution in [0.4, 0.5) is 10.1 Å². The Labute approximate surface area is 196 Å². The van der Waals surface area contributed by atoms with Gasteiger partial charge < -0.3 is 19.6 Å². The summed E-state index contributed by atoms with van der Waals surface area (Å²) in [4.78, 5) is 43.9. The van der Waals surface area contributed by atoms with Crippen molar-refractivity contribution in [2.24, 2.45) is 0 Å². The van der Waals surface area contributed by atoms with Gasteiger partial charge in [-0.05, 0) is 49.6 Å². The molecule has 3 heterocycles. The third-order valence-electron chi connectivity index (χ3n) is 6.78. The van der Waals surface area contributed by atoms with E-state index in [2.05, 4.69) is 0 Å². The number of carbonyl (C=O) groups excluding carboxylic acids is 3. The van der Waals surface area contributed by atoms with Crippen molar-refractivity contribution in [3.8, 4) is 0 Å². The molecular weight excluding hydrogens is 439 g/mol. The molecule has 2 unspecified atom stereocenters. The number of fused-ring (bicyclic) bond motifs is 2. The second-order valence-electron chi connectivity index (χ2n) is 8.79. The lowest BCUT2D eigenvalue weighted by Crippen LogP contribution is -2.53. The van der Waals surface area contributed by atoms with Crippen LogP contribution in [0.1, 0.15) is 37.3 Å². The molecule has 2 aromatic rings. The van der Waals surface area contributed by atoms with Gasteiger partial charge >= 0.3 is 0 Å². The number of ketones is 1. The number of nitrogens with zero attached hydrogens (tertiary/aromatic N) is 2. The average Bonchev–Trinajstić information content (AvgIpc) is 3.49. The van der Waals surface area contributed by atoms with Crippen LogP contribution in [-0.4, -0.2) is 53.4 Å². The molecule has 2 saturated heterocycles. The fourth-order valence-electron chi connectivity index (χ4n) is 5.31. The van der Waals surface area contributed by atoms with Crippen molar-refractivity contribution in [3.05, 3.63) is 71.0 Å². The van der Waals surface area contributed by atoms with E-state index in [1.165, 1.54) is 17.0 Å². The molecule has 0 aliphatic carbocycles. The number of benzene rings is 2. The third kappa shape index (κ3) is 3.09. The summed E-state index contributed by atoms with van der Waals surface area (Å²) in [5.74, 6) is -3.28. The molecule has 3 aliphatic rings. The van der Waals surface area contributed by atoms with Gasteiger partial charge in [0.1, 0.15) is 11.6 Å². The van der Waals surface area contributed by atoms with Gasteiger partial charge in [0, 0.05) is 30.8 Å². The Morgan fingerprint density at radius 3 is 2.56 bits per heavy atom. The first-order valence-electron chi connectivity index (χ1n) is 11.5. The lowest BCUT2D eigenvalue weighted by atomic mass is 9.81. The minimum atomic E-state index is -1.82. The number of likely N-dealkylation sites (tertiary alicyclic amines) is 1. The topological polar surface area (TPSA) is 87.2 Å². The predicted molar refractivity (Wildman–Crippen MR) is 122 cm³/mol. The fourth-order valence-corrected chi connectivity index (χ4v) is 5.31. The summed E-state index contributed by atoms with van der Waals surface area (Å²) in [6.45, 7) is 2.91. The number of ether oxygens (including phenoxy) is 1. The first-order chi connectivity index (χ1) is 16.4. The molecule has 1 N–H and O–H groups in total. The quantitative estimate of drug-likeness (QED) is 0.417. The van der Waals surface area contributed by atoms with E-state index in [0.717, 1.165) is 18.6 Å². The fraction of sp³-hybridized carbons (Fsp3) is 0.346. The molecular formula is C26H25FN2O5. The van der Waals surface area contributed by atoms with Gasteiger partial charge in [-0.15, -0.1) is 0 Å². The molecule has 0 saturated carbocycles. The summed E-state index contributed by atoms with van der Waals surface area (Å²) in [6.07, 6.45) is 1.86. The zero-order chi connectivity index (χ0) is 24.0. The maximum Gasteiger partial charge on any atom is 0.296 e. The van der Waals surface area contributed by atoms with E-state index in [1.807, 2.05) is 6.92 Å². The van der Waals surface area contributed by atoms with Crippen LogP contribution in [0, 0.1) is 5.82 Å². The van der Waals surface area contributed by atoms with Crippen molar-refractivity contribution in [2.75, 3.05) is 24.6 Å². The molecule has 0 aromatic heterocycles. The Bertz CT molecular complexity index is 1200. The Morgan fingerprint density at radius 2 is 1.88 bits per heavy atom. The minimum Gasteiger partial charge on any atom is -0.507 e. The summed E-state index contributed by atoms with van der Waals surface area (Å²) in [7, 11) is 0. The van der Waals surface area contributed by atoms with E-state index in [9.17, 15) is 23.9 Å². The van der Waals surface area contributed by atoms with Crippen molar-refractivity contribution in [2.45, 2.75) is 37.8 Å². The molecule has 0 bridgehead atoms. The normalized spacial score (nSPS) is 25.6. The van der Waals surface area contributed by atoms with Crippen LogP contribution < -0.4 is 4.90 Å². The van der Waals surface area contributed by atoms with Gasteiger partial charge in [0.15, 0.2) is 5.54 Å². The molecule has 2 amide bonds. The number of para-hydroxylation sites is 1. The number of anilines is 1. The standard InChI is InChI=1S/C26H25FN2O5/c1-2-13-28-20-8-4-3-7-19(20)26(25(28)33)21(22(30)16-9-11-17(27)12-10-16)23(31)24(32)29(26)15-18-6-5-14-34-18/h3-4,7-12,18,30H,2,5-6,13-15H2,1H3. The number of aliphatic hydroxyl groups is 1. The van der Waals surface area contributed by atoms with Crippen molar-refractivity contribution in [1.82, 2.24) is 4.90 Å². The summed E-state index contributed by atoms with van der Waals surface area (Å²) in [5, 5.41) is 11.3. The van der Waals surface area contributed by atoms with Crippen LogP contribution in [0.3, 0.4) is 0 Å². The zero-order valence-corrected chi connectivity index (χ0v) is 18.8. The molecule has 2 fully saturated rings. The number of amides is 2. The van der Waals surface area contributed by atoms with Gasteiger partial charge in [-0.3, -0.25) is 14.4 Å². The monoisotopic (exact) mass is 464 g/mol. The van der Waals surface area contributed by atoms with Crippen molar-refractivity contribution < 1.29 is 28.6 Å². The molecule has 2 aromatic carbocycles. The van der Waals surface area contributed by atoms with E-state index in [0.29, 0.717) is 37.2 Å². The summed E-state index contributed by atoms with van der Waals surface area (Å²) >= 11 is 0. The Hall–Kier alpha value is -3.52. The lowest BCUT2D eigenvalue weighted by Gasteiger charge is -2.35. The maximum atomic E-state index is 14.2. The molecule has 5 rings (SSSR count). The van der Waals surface area contributed by atoms with Crippen molar-refractivity contribution in [3.63, 3.8) is 0 Å². The highest BCUT2D eigenvalue weighted by Gasteiger charge is 2.67. The molecule has 34 heavy (non-hydrogen) atoms. The highest BCUT2D eigenvalue weighted by molar-refractivity contribution is 6.50. The molecule has 3 aliphatic heterocycles. The molecule has 176 valence electrons. The number of halogens is 1. The number of carbonyl (C=O) groups is 3. The first kappa shape index (κ1) is 22.3. The highest BCUT2D eigenvalue weighted by atomic mass is 19.1. The summed E-state index contributed by atoms with van der Waals surface area (Å²) in [5.41, 5.74) is -0.897. The predicted octanol–water partition coefficient (Wildman–Crippen LogP) is 3.34. The average molecular weight is 464 g/mol. The zero-order valence-electron chi connectivity index (χ0n) is 18.8. The summed E-state index contributed by atoms with van der Waals surface area (Å²) in [6, 6.07) is 12.0. The van der Waals surface area contributed by atoms with Crippen molar-refractivity contribution in [1.29, 1.82) is 0 Å². The van der Waals surface area contributed by atoms with E-state index >= 15 is 0 Å². The van der Waals surface area contributed by atoms with Gasteiger partial charge in [-0.1, -0.05) is 25.1 Å². The van der Waals surface area contributed by atoms with Gasteiger partial charge in [-0.25, -0.2) is 4.39 Å². The lowest BCUT2D eigenvalue weighted by molar-refractivity contribution is -0.145.